The van der Waals surface area contributed by atoms with Crippen LogP contribution in [0.25, 0.3) is 10.4 Å². The molecule has 2 N–H and O–H groups in total. The molecule has 1 aliphatic heterocycles. The first kappa shape index (κ1) is 15.9. The third-order valence-electron chi connectivity index (χ3n) is 3.97. The molecular formula is C17H19N7S. The quantitative estimate of drug-likeness (QED) is 0.746. The van der Waals surface area contributed by atoms with Crippen molar-refractivity contribution in [2.45, 2.75) is 6.92 Å². The number of hydrogen-bond donors (Lipinski definition) is 2. The molecule has 0 amide bonds. The van der Waals surface area contributed by atoms with Gasteiger partial charge in [-0.25, -0.2) is 15.0 Å². The molecule has 1 aliphatic rings. The van der Waals surface area contributed by atoms with Gasteiger partial charge in [-0.1, -0.05) is 11.3 Å². The standard InChI is InChI=1S/C17H19N7S/c1-12-21-15(10-16(22-12)24-8-6-19-7-9-24)23-17-20-11-14(25-17)13-2-4-18-5-3-13/h2-5,10-11,19H,6-9H2,1H3,(H,20,21,22,23). The summed E-state index contributed by atoms with van der Waals surface area (Å²) in [5.74, 6) is 2.49. The molecule has 1 saturated heterocycles. The van der Waals surface area contributed by atoms with Crippen molar-refractivity contribution in [1.82, 2.24) is 25.3 Å². The normalized spacial score (nSPS) is 14.5. The Morgan fingerprint density at radius 1 is 1.16 bits per heavy atom. The number of aromatic nitrogens is 4. The molecule has 0 bridgehead atoms. The lowest BCUT2D eigenvalue weighted by Gasteiger charge is -2.28. The Hall–Kier alpha value is -2.58. The van der Waals surface area contributed by atoms with E-state index in [0.717, 1.165) is 59.2 Å². The van der Waals surface area contributed by atoms with Gasteiger partial charge in [0.25, 0.3) is 0 Å². The van der Waals surface area contributed by atoms with Crippen molar-refractivity contribution in [2.24, 2.45) is 0 Å². The SMILES string of the molecule is Cc1nc(Nc2ncc(-c3ccncc3)s2)cc(N2CCNCC2)n1. The Morgan fingerprint density at radius 2 is 1.96 bits per heavy atom. The van der Waals surface area contributed by atoms with Crippen molar-refractivity contribution in [2.75, 3.05) is 36.4 Å². The summed E-state index contributed by atoms with van der Waals surface area (Å²) < 4.78 is 0. The Morgan fingerprint density at radius 3 is 2.76 bits per heavy atom. The summed E-state index contributed by atoms with van der Waals surface area (Å²) in [6.45, 7) is 5.79. The molecule has 128 valence electrons. The molecule has 3 aromatic rings. The summed E-state index contributed by atoms with van der Waals surface area (Å²) in [5.41, 5.74) is 1.11. The minimum absolute atomic E-state index is 0.754. The highest BCUT2D eigenvalue weighted by Gasteiger charge is 2.14. The highest BCUT2D eigenvalue weighted by atomic mass is 32.1. The maximum Gasteiger partial charge on any atom is 0.188 e. The number of piperazine rings is 1. The number of pyridine rings is 1. The molecule has 0 saturated carbocycles. The number of hydrogen-bond acceptors (Lipinski definition) is 8. The van der Waals surface area contributed by atoms with Gasteiger partial charge in [-0.2, -0.15) is 0 Å². The molecular weight excluding hydrogens is 334 g/mol. The topological polar surface area (TPSA) is 78.9 Å². The predicted molar refractivity (Wildman–Crippen MR) is 100 cm³/mol. The third kappa shape index (κ3) is 3.75. The van der Waals surface area contributed by atoms with Crippen LogP contribution >= 0.6 is 11.3 Å². The molecule has 4 rings (SSSR count). The Labute approximate surface area is 150 Å². The average molecular weight is 353 g/mol. The fourth-order valence-electron chi connectivity index (χ4n) is 2.76. The molecule has 0 radical (unpaired) electrons. The zero-order chi connectivity index (χ0) is 17.1. The van der Waals surface area contributed by atoms with Gasteiger partial charge in [0, 0.05) is 50.8 Å². The van der Waals surface area contributed by atoms with E-state index in [1.54, 1.807) is 23.7 Å². The second-order valence-corrected chi connectivity index (χ2v) is 6.82. The second-order valence-electron chi connectivity index (χ2n) is 5.79. The lowest BCUT2D eigenvalue weighted by molar-refractivity contribution is 0.584. The molecule has 3 aromatic heterocycles. The van der Waals surface area contributed by atoms with Gasteiger partial charge in [0.05, 0.1) is 4.88 Å². The van der Waals surface area contributed by atoms with Gasteiger partial charge in [0.15, 0.2) is 5.13 Å². The monoisotopic (exact) mass is 353 g/mol. The summed E-state index contributed by atoms with van der Waals surface area (Å²) in [6, 6.07) is 5.95. The number of anilines is 3. The first-order valence-electron chi connectivity index (χ1n) is 8.22. The van der Waals surface area contributed by atoms with Crippen molar-refractivity contribution in [3.8, 4) is 10.4 Å². The Kier molecular flexibility index (Phi) is 4.53. The van der Waals surface area contributed by atoms with Crippen molar-refractivity contribution < 1.29 is 0 Å². The summed E-state index contributed by atoms with van der Waals surface area (Å²) in [6.07, 6.45) is 5.44. The number of nitrogens with one attached hydrogen (secondary N) is 2. The molecule has 0 unspecified atom stereocenters. The van der Waals surface area contributed by atoms with E-state index in [4.69, 9.17) is 0 Å². The zero-order valence-corrected chi connectivity index (χ0v) is 14.8. The number of aryl methyl sites for hydroxylation is 1. The van der Waals surface area contributed by atoms with Crippen LogP contribution in [-0.4, -0.2) is 46.1 Å². The van der Waals surface area contributed by atoms with Crippen LogP contribution in [0.2, 0.25) is 0 Å². The van der Waals surface area contributed by atoms with E-state index in [-0.39, 0.29) is 0 Å². The van der Waals surface area contributed by atoms with Crippen LogP contribution in [0.5, 0.6) is 0 Å². The molecule has 0 spiro atoms. The first-order chi connectivity index (χ1) is 12.3. The molecule has 0 aromatic carbocycles. The van der Waals surface area contributed by atoms with E-state index < -0.39 is 0 Å². The molecule has 0 atom stereocenters. The molecule has 4 heterocycles. The number of thiazole rings is 1. The zero-order valence-electron chi connectivity index (χ0n) is 13.9. The Bertz CT molecular complexity index is 843. The lowest BCUT2D eigenvalue weighted by Crippen LogP contribution is -2.44. The maximum atomic E-state index is 4.58. The van der Waals surface area contributed by atoms with Gasteiger partial charge in [0.2, 0.25) is 0 Å². The van der Waals surface area contributed by atoms with Gasteiger partial charge >= 0.3 is 0 Å². The van der Waals surface area contributed by atoms with Crippen LogP contribution in [0.3, 0.4) is 0 Å². The fraction of sp³-hybridized carbons (Fsp3) is 0.294. The molecule has 8 heteroatoms. The van der Waals surface area contributed by atoms with E-state index >= 15 is 0 Å². The molecule has 0 aliphatic carbocycles. The smallest absolute Gasteiger partial charge is 0.188 e. The van der Waals surface area contributed by atoms with Crippen molar-refractivity contribution in [1.29, 1.82) is 0 Å². The minimum atomic E-state index is 0.754. The minimum Gasteiger partial charge on any atom is -0.354 e. The molecule has 1 fully saturated rings. The van der Waals surface area contributed by atoms with Crippen LogP contribution in [0.15, 0.2) is 36.8 Å². The van der Waals surface area contributed by atoms with E-state index in [1.807, 2.05) is 31.3 Å². The Balaban J connectivity index is 1.54. The summed E-state index contributed by atoms with van der Waals surface area (Å²) >= 11 is 1.59. The van der Waals surface area contributed by atoms with Crippen molar-refractivity contribution in [3.63, 3.8) is 0 Å². The number of rotatable bonds is 4. The first-order valence-corrected chi connectivity index (χ1v) is 9.04. The lowest BCUT2D eigenvalue weighted by atomic mass is 10.2. The van der Waals surface area contributed by atoms with Crippen LogP contribution in [0, 0.1) is 6.92 Å². The third-order valence-corrected chi connectivity index (χ3v) is 4.93. The largest absolute Gasteiger partial charge is 0.354 e. The van der Waals surface area contributed by atoms with Crippen LogP contribution < -0.4 is 15.5 Å². The summed E-state index contributed by atoms with van der Waals surface area (Å²) in [5, 5.41) is 7.49. The summed E-state index contributed by atoms with van der Waals surface area (Å²) in [7, 11) is 0. The van der Waals surface area contributed by atoms with Crippen molar-refractivity contribution in [3.05, 3.63) is 42.6 Å². The highest BCUT2D eigenvalue weighted by molar-refractivity contribution is 7.18. The highest BCUT2D eigenvalue weighted by Crippen LogP contribution is 2.30. The maximum absolute atomic E-state index is 4.58. The molecule has 25 heavy (non-hydrogen) atoms. The second kappa shape index (κ2) is 7.12. The average Bonchev–Trinajstić information content (AvgIpc) is 3.11. The number of nitrogens with zero attached hydrogens (tertiary/aromatic N) is 5. The molecule has 7 nitrogen and oxygen atoms in total. The van der Waals surface area contributed by atoms with E-state index in [1.165, 1.54) is 0 Å². The van der Waals surface area contributed by atoms with Crippen LogP contribution in [-0.2, 0) is 0 Å². The fourth-order valence-corrected chi connectivity index (χ4v) is 3.59. The predicted octanol–water partition coefficient (Wildman–Crippen LogP) is 2.46. The van der Waals surface area contributed by atoms with E-state index in [2.05, 4.69) is 35.5 Å². The van der Waals surface area contributed by atoms with Gasteiger partial charge < -0.3 is 15.5 Å². The van der Waals surface area contributed by atoms with Crippen molar-refractivity contribution >= 4 is 28.1 Å². The van der Waals surface area contributed by atoms with E-state index in [9.17, 15) is 0 Å². The van der Waals surface area contributed by atoms with Gasteiger partial charge in [0.1, 0.15) is 17.5 Å². The van der Waals surface area contributed by atoms with Crippen LogP contribution in [0.4, 0.5) is 16.8 Å². The van der Waals surface area contributed by atoms with Gasteiger partial charge in [-0.3, -0.25) is 4.98 Å². The van der Waals surface area contributed by atoms with Gasteiger partial charge in [-0.05, 0) is 24.6 Å². The summed E-state index contributed by atoms with van der Waals surface area (Å²) in [4.78, 5) is 21.0. The van der Waals surface area contributed by atoms with E-state index in [0.29, 0.717) is 0 Å². The van der Waals surface area contributed by atoms with Gasteiger partial charge in [-0.15, -0.1) is 0 Å². The van der Waals surface area contributed by atoms with Crippen LogP contribution in [0.1, 0.15) is 5.82 Å².